The van der Waals surface area contributed by atoms with Gasteiger partial charge in [-0.3, -0.25) is 14.4 Å². The van der Waals surface area contributed by atoms with Crippen LogP contribution in [0.25, 0.3) is 0 Å². The van der Waals surface area contributed by atoms with Crippen LogP contribution >= 0.6 is 0 Å². The summed E-state index contributed by atoms with van der Waals surface area (Å²) in [5.41, 5.74) is 0. The van der Waals surface area contributed by atoms with Crippen molar-refractivity contribution in [2.75, 3.05) is 13.2 Å². The van der Waals surface area contributed by atoms with Gasteiger partial charge in [-0.2, -0.15) is 0 Å². The summed E-state index contributed by atoms with van der Waals surface area (Å²) in [6.45, 7) is 6.32. The Balaban J connectivity index is 4.53. The molecule has 54 heavy (non-hydrogen) atoms. The van der Waals surface area contributed by atoms with E-state index in [0.29, 0.717) is 12.8 Å². The van der Waals surface area contributed by atoms with Crippen molar-refractivity contribution < 1.29 is 28.6 Å². The Bertz CT molecular complexity index is 1050. The molecule has 0 N–H and O–H groups in total. The number of esters is 3. The molecule has 0 aromatic rings. The van der Waals surface area contributed by atoms with Crippen molar-refractivity contribution in [1.29, 1.82) is 0 Å². The third kappa shape index (κ3) is 40.0. The van der Waals surface area contributed by atoms with E-state index in [0.717, 1.165) is 64.2 Å². The third-order valence-electron chi connectivity index (χ3n) is 8.96. The zero-order chi connectivity index (χ0) is 39.4. The van der Waals surface area contributed by atoms with Crippen molar-refractivity contribution in [3.8, 4) is 0 Å². The van der Waals surface area contributed by atoms with Crippen LogP contribution in [0.4, 0.5) is 0 Å². The summed E-state index contributed by atoms with van der Waals surface area (Å²) in [7, 11) is 0. The number of carbonyl (C=O) groups is 3. The van der Waals surface area contributed by atoms with Crippen LogP contribution in [0.2, 0.25) is 0 Å². The van der Waals surface area contributed by atoms with E-state index in [2.05, 4.69) is 75.5 Å². The van der Waals surface area contributed by atoms with Crippen molar-refractivity contribution in [2.24, 2.45) is 0 Å². The molecule has 0 aromatic heterocycles. The fraction of sp³-hybridized carbons (Fsp3) is 0.688. The summed E-state index contributed by atoms with van der Waals surface area (Å²) >= 11 is 0. The van der Waals surface area contributed by atoms with Gasteiger partial charge in [-0.1, -0.05) is 171 Å². The van der Waals surface area contributed by atoms with E-state index in [4.69, 9.17) is 14.2 Å². The van der Waals surface area contributed by atoms with Gasteiger partial charge in [0.15, 0.2) is 6.10 Å². The summed E-state index contributed by atoms with van der Waals surface area (Å²) in [5.74, 6) is -1.15. The van der Waals surface area contributed by atoms with Gasteiger partial charge in [-0.05, 0) is 77.0 Å². The highest BCUT2D eigenvalue weighted by atomic mass is 16.6. The first-order valence-electron chi connectivity index (χ1n) is 21.9. The van der Waals surface area contributed by atoms with Crippen LogP contribution < -0.4 is 0 Å². The summed E-state index contributed by atoms with van der Waals surface area (Å²) in [6.07, 6.45) is 52.2. The van der Waals surface area contributed by atoms with Crippen LogP contribution in [0.15, 0.2) is 72.9 Å². The second kappa shape index (κ2) is 42.6. The Morgan fingerprint density at radius 3 is 1.39 bits per heavy atom. The first kappa shape index (κ1) is 50.9. The van der Waals surface area contributed by atoms with E-state index in [1.165, 1.54) is 83.5 Å². The number of rotatable bonds is 38. The smallest absolute Gasteiger partial charge is 0.309 e. The molecule has 0 aromatic carbocycles. The molecule has 0 rings (SSSR count). The lowest BCUT2D eigenvalue weighted by atomic mass is 10.1. The first-order valence-corrected chi connectivity index (χ1v) is 21.9. The molecule has 0 aliphatic heterocycles. The number of ether oxygens (including phenoxy) is 3. The van der Waals surface area contributed by atoms with Crippen molar-refractivity contribution in [2.45, 2.75) is 200 Å². The highest BCUT2D eigenvalue weighted by molar-refractivity contribution is 5.72. The summed E-state index contributed by atoms with van der Waals surface area (Å²) < 4.78 is 16.5. The van der Waals surface area contributed by atoms with Crippen molar-refractivity contribution >= 4 is 17.9 Å². The molecule has 0 amide bonds. The van der Waals surface area contributed by atoms with E-state index in [9.17, 15) is 14.4 Å². The fourth-order valence-corrected chi connectivity index (χ4v) is 5.67. The lowest BCUT2D eigenvalue weighted by Crippen LogP contribution is -2.30. The minimum atomic E-state index is -0.844. The van der Waals surface area contributed by atoms with Gasteiger partial charge in [0.25, 0.3) is 0 Å². The zero-order valence-corrected chi connectivity index (χ0v) is 35.0. The highest BCUT2D eigenvalue weighted by Gasteiger charge is 2.19. The minimum absolute atomic E-state index is 0.122. The molecule has 0 heterocycles. The van der Waals surface area contributed by atoms with E-state index in [-0.39, 0.29) is 32.0 Å². The van der Waals surface area contributed by atoms with E-state index < -0.39 is 18.0 Å². The molecule has 0 aliphatic rings. The van der Waals surface area contributed by atoms with Gasteiger partial charge < -0.3 is 14.2 Å². The molecular weight excluding hydrogens is 673 g/mol. The molecule has 0 spiro atoms. The maximum absolute atomic E-state index is 12.6. The average molecular weight is 753 g/mol. The fourth-order valence-electron chi connectivity index (χ4n) is 5.67. The molecule has 6 heteroatoms. The molecule has 308 valence electrons. The first-order chi connectivity index (χ1) is 26.5. The molecule has 0 aliphatic carbocycles. The van der Waals surface area contributed by atoms with Crippen molar-refractivity contribution in [3.05, 3.63) is 72.9 Å². The second-order valence-corrected chi connectivity index (χ2v) is 14.2. The maximum atomic E-state index is 12.6. The summed E-state index contributed by atoms with van der Waals surface area (Å²) in [5, 5.41) is 0. The Hall–Kier alpha value is -3.15. The minimum Gasteiger partial charge on any atom is -0.462 e. The lowest BCUT2D eigenvalue weighted by molar-refractivity contribution is -0.166. The van der Waals surface area contributed by atoms with Crippen LogP contribution in [0.3, 0.4) is 0 Å². The molecule has 0 saturated heterocycles. The Kier molecular flexibility index (Phi) is 40.1. The standard InChI is InChI=1S/C48H80O6/c1-4-7-10-13-16-19-21-23-25-26-29-32-35-38-41-47(50)53-44-45(43-52-46(49)40-37-34-31-28-18-15-12-9-6-3)54-48(51)42-39-36-33-30-27-24-22-20-17-14-11-8-5-2/h9,12,18,24-28,33-34,36-37,45H,4-8,10-11,13-17,19-23,29-32,35,38-44H2,1-3H3/b12-9-,26-25-,27-24-,28-18-,36-33-,37-34-. The Labute approximate surface area is 332 Å². The molecule has 1 atom stereocenters. The number of allylic oxidation sites excluding steroid dienone is 11. The van der Waals surface area contributed by atoms with Gasteiger partial charge in [-0.25, -0.2) is 0 Å². The number of hydrogen-bond acceptors (Lipinski definition) is 6. The highest BCUT2D eigenvalue weighted by Crippen LogP contribution is 2.11. The van der Waals surface area contributed by atoms with Crippen LogP contribution in [0.1, 0.15) is 194 Å². The zero-order valence-electron chi connectivity index (χ0n) is 35.0. The van der Waals surface area contributed by atoms with Gasteiger partial charge >= 0.3 is 17.9 Å². The van der Waals surface area contributed by atoms with Crippen molar-refractivity contribution in [3.63, 3.8) is 0 Å². The van der Waals surface area contributed by atoms with Gasteiger partial charge in [0.1, 0.15) is 13.2 Å². The Morgan fingerprint density at radius 1 is 0.407 bits per heavy atom. The quantitative estimate of drug-likeness (QED) is 0.0270. The van der Waals surface area contributed by atoms with E-state index in [1.807, 2.05) is 12.2 Å². The summed E-state index contributed by atoms with van der Waals surface area (Å²) in [4.78, 5) is 37.5. The van der Waals surface area contributed by atoms with Gasteiger partial charge in [0, 0.05) is 12.8 Å². The summed E-state index contributed by atoms with van der Waals surface area (Å²) in [6, 6.07) is 0. The molecule has 0 fully saturated rings. The van der Waals surface area contributed by atoms with Gasteiger partial charge in [0.2, 0.25) is 0 Å². The normalized spacial score (nSPS) is 12.7. The molecule has 0 saturated carbocycles. The predicted octanol–water partition coefficient (Wildman–Crippen LogP) is 13.9. The SMILES string of the molecule is CC/C=C\C/C=C\C/C=C\CC(=O)OCC(COC(=O)CCCCC/C=C\CCCCCCCCC)OC(=O)CC/C=C\C/C=C\CCCCCCCC. The molecule has 1 unspecified atom stereocenters. The van der Waals surface area contributed by atoms with E-state index in [1.54, 1.807) is 6.08 Å². The maximum Gasteiger partial charge on any atom is 0.309 e. The van der Waals surface area contributed by atoms with Crippen LogP contribution in [-0.4, -0.2) is 37.2 Å². The lowest BCUT2D eigenvalue weighted by Gasteiger charge is -2.18. The largest absolute Gasteiger partial charge is 0.462 e. The van der Waals surface area contributed by atoms with Gasteiger partial charge in [-0.15, -0.1) is 0 Å². The molecule has 6 nitrogen and oxygen atoms in total. The second-order valence-electron chi connectivity index (χ2n) is 14.2. The molecular formula is C48H80O6. The van der Waals surface area contributed by atoms with Gasteiger partial charge in [0.05, 0.1) is 6.42 Å². The number of unbranched alkanes of at least 4 members (excludes halogenated alkanes) is 16. The van der Waals surface area contributed by atoms with E-state index >= 15 is 0 Å². The monoisotopic (exact) mass is 753 g/mol. The number of hydrogen-bond donors (Lipinski definition) is 0. The van der Waals surface area contributed by atoms with Crippen molar-refractivity contribution in [1.82, 2.24) is 0 Å². The third-order valence-corrected chi connectivity index (χ3v) is 8.96. The average Bonchev–Trinajstić information content (AvgIpc) is 3.17. The van der Waals surface area contributed by atoms with Crippen LogP contribution in [0, 0.1) is 0 Å². The number of carbonyl (C=O) groups excluding carboxylic acids is 3. The topological polar surface area (TPSA) is 78.9 Å². The van der Waals surface area contributed by atoms with Crippen LogP contribution in [-0.2, 0) is 28.6 Å². The predicted molar refractivity (Wildman–Crippen MR) is 228 cm³/mol. The molecule has 0 bridgehead atoms. The van der Waals surface area contributed by atoms with Crippen LogP contribution in [0.5, 0.6) is 0 Å². The molecule has 0 radical (unpaired) electrons. The Morgan fingerprint density at radius 2 is 0.833 bits per heavy atom.